The molecule has 2 nitrogen and oxygen atoms in total. The van der Waals surface area contributed by atoms with Crippen molar-refractivity contribution in [3.8, 4) is 0 Å². The fourth-order valence-electron chi connectivity index (χ4n) is 2.01. The van der Waals surface area contributed by atoms with Crippen molar-refractivity contribution in [3.63, 3.8) is 0 Å². The summed E-state index contributed by atoms with van der Waals surface area (Å²) in [5.74, 6) is 1.99. The van der Waals surface area contributed by atoms with Crippen molar-refractivity contribution in [1.82, 2.24) is 5.32 Å². The molecule has 1 aliphatic carbocycles. The van der Waals surface area contributed by atoms with Crippen LogP contribution in [0.25, 0.3) is 0 Å². The monoisotopic (exact) mass is 138 g/mol. The molecule has 1 saturated carbocycles. The highest BCUT2D eigenvalue weighted by atomic mass is 15.1. The molecule has 2 heteroatoms. The molecule has 0 spiro atoms. The summed E-state index contributed by atoms with van der Waals surface area (Å²) in [5.41, 5.74) is 0. The molecule has 0 saturated heterocycles. The van der Waals surface area contributed by atoms with Crippen LogP contribution in [0.5, 0.6) is 0 Å². The normalized spacial score (nSPS) is 38.3. The molecule has 2 atom stereocenters. The Hall–Kier alpha value is -0.530. The van der Waals surface area contributed by atoms with Crippen molar-refractivity contribution in [1.29, 1.82) is 0 Å². The van der Waals surface area contributed by atoms with E-state index in [2.05, 4.69) is 17.2 Å². The van der Waals surface area contributed by atoms with Gasteiger partial charge in [0, 0.05) is 12.6 Å². The van der Waals surface area contributed by atoms with Crippen LogP contribution < -0.4 is 5.32 Å². The molecule has 2 rings (SSSR count). The minimum atomic E-state index is 0.762. The second-order valence-corrected chi connectivity index (χ2v) is 3.37. The number of nitrogens with zero attached hydrogens (tertiary/aromatic N) is 1. The number of hydrogen-bond acceptors (Lipinski definition) is 2. The maximum Gasteiger partial charge on any atom is 0.0933 e. The van der Waals surface area contributed by atoms with Crippen LogP contribution in [0.2, 0.25) is 0 Å². The van der Waals surface area contributed by atoms with E-state index in [0.717, 1.165) is 24.3 Å². The molecular formula is C8H14N2. The predicted molar refractivity (Wildman–Crippen MR) is 42.2 cm³/mol. The SMILES string of the molecule is CC1=NCC2CCCC2N1. The van der Waals surface area contributed by atoms with Gasteiger partial charge in [0.05, 0.1) is 5.84 Å². The van der Waals surface area contributed by atoms with Gasteiger partial charge in [-0.25, -0.2) is 0 Å². The van der Waals surface area contributed by atoms with Gasteiger partial charge in [0.2, 0.25) is 0 Å². The third-order valence-corrected chi connectivity index (χ3v) is 2.62. The highest BCUT2D eigenvalue weighted by Gasteiger charge is 2.29. The van der Waals surface area contributed by atoms with Crippen LogP contribution in [0.3, 0.4) is 0 Å². The first kappa shape index (κ1) is 6.20. The van der Waals surface area contributed by atoms with Crippen molar-refractivity contribution in [2.24, 2.45) is 10.9 Å². The van der Waals surface area contributed by atoms with Crippen LogP contribution >= 0.6 is 0 Å². The molecule has 1 N–H and O–H groups in total. The van der Waals surface area contributed by atoms with Crippen molar-refractivity contribution in [3.05, 3.63) is 0 Å². The molecule has 2 aliphatic rings. The predicted octanol–water partition coefficient (Wildman–Crippen LogP) is 1.18. The molecule has 0 aromatic rings. The Morgan fingerprint density at radius 1 is 1.50 bits per heavy atom. The Morgan fingerprint density at radius 2 is 2.40 bits per heavy atom. The van der Waals surface area contributed by atoms with E-state index < -0.39 is 0 Å². The third-order valence-electron chi connectivity index (χ3n) is 2.62. The smallest absolute Gasteiger partial charge is 0.0933 e. The molecule has 0 bridgehead atoms. The van der Waals surface area contributed by atoms with Crippen LogP contribution in [0.1, 0.15) is 26.2 Å². The number of aliphatic imine (C=N–C) groups is 1. The average molecular weight is 138 g/mol. The number of rotatable bonds is 0. The first-order valence-corrected chi connectivity index (χ1v) is 4.14. The summed E-state index contributed by atoms with van der Waals surface area (Å²) in [7, 11) is 0. The zero-order valence-corrected chi connectivity index (χ0v) is 6.43. The molecule has 0 aromatic heterocycles. The summed E-state index contributed by atoms with van der Waals surface area (Å²) in [6, 6.07) is 0.762. The highest BCUT2D eigenvalue weighted by molar-refractivity contribution is 5.80. The summed E-state index contributed by atoms with van der Waals surface area (Å²) in [6.45, 7) is 3.14. The fraction of sp³-hybridized carbons (Fsp3) is 0.875. The quantitative estimate of drug-likeness (QED) is 0.534. The van der Waals surface area contributed by atoms with E-state index in [4.69, 9.17) is 0 Å². The van der Waals surface area contributed by atoms with Gasteiger partial charge in [0.1, 0.15) is 0 Å². The van der Waals surface area contributed by atoms with E-state index in [1.165, 1.54) is 19.3 Å². The second kappa shape index (κ2) is 2.26. The maximum absolute atomic E-state index is 4.38. The molecule has 0 amide bonds. The van der Waals surface area contributed by atoms with E-state index in [1.54, 1.807) is 0 Å². The summed E-state index contributed by atoms with van der Waals surface area (Å²) in [5, 5.41) is 3.43. The van der Waals surface area contributed by atoms with Crippen LogP contribution in [0.4, 0.5) is 0 Å². The summed E-state index contributed by atoms with van der Waals surface area (Å²) in [6.07, 6.45) is 4.14. The molecule has 1 heterocycles. The van der Waals surface area contributed by atoms with Crippen LogP contribution in [-0.4, -0.2) is 18.4 Å². The Labute approximate surface area is 61.7 Å². The van der Waals surface area contributed by atoms with E-state index >= 15 is 0 Å². The first-order chi connectivity index (χ1) is 4.86. The van der Waals surface area contributed by atoms with Crippen molar-refractivity contribution in [2.75, 3.05) is 6.54 Å². The minimum Gasteiger partial charge on any atom is -0.371 e. The van der Waals surface area contributed by atoms with E-state index in [9.17, 15) is 0 Å². The zero-order valence-electron chi connectivity index (χ0n) is 6.43. The summed E-state index contributed by atoms with van der Waals surface area (Å²) < 4.78 is 0. The van der Waals surface area contributed by atoms with Gasteiger partial charge < -0.3 is 5.32 Å². The number of amidine groups is 1. The van der Waals surface area contributed by atoms with E-state index in [-0.39, 0.29) is 0 Å². The van der Waals surface area contributed by atoms with Gasteiger partial charge in [-0.15, -0.1) is 0 Å². The van der Waals surface area contributed by atoms with Crippen molar-refractivity contribution < 1.29 is 0 Å². The molecule has 1 aliphatic heterocycles. The van der Waals surface area contributed by atoms with Gasteiger partial charge in [-0.2, -0.15) is 0 Å². The number of hydrogen-bond donors (Lipinski definition) is 1. The maximum atomic E-state index is 4.38. The largest absolute Gasteiger partial charge is 0.371 e. The Kier molecular flexibility index (Phi) is 1.40. The van der Waals surface area contributed by atoms with Gasteiger partial charge in [0.25, 0.3) is 0 Å². The molecule has 10 heavy (non-hydrogen) atoms. The minimum absolute atomic E-state index is 0.762. The third kappa shape index (κ3) is 0.917. The highest BCUT2D eigenvalue weighted by Crippen LogP contribution is 2.27. The zero-order chi connectivity index (χ0) is 6.97. The lowest BCUT2D eigenvalue weighted by molar-refractivity contribution is 0.438. The second-order valence-electron chi connectivity index (χ2n) is 3.37. The molecule has 0 aromatic carbocycles. The lowest BCUT2D eigenvalue weighted by Crippen LogP contribution is -2.41. The van der Waals surface area contributed by atoms with Crippen LogP contribution in [-0.2, 0) is 0 Å². The average Bonchev–Trinajstić information content (AvgIpc) is 2.33. The number of nitrogens with one attached hydrogen (secondary N) is 1. The molecule has 1 fully saturated rings. The standard InChI is InChI=1S/C8H14N2/c1-6-9-5-7-3-2-4-8(7)10-6/h7-8H,2-5H2,1H3,(H,9,10). The van der Waals surface area contributed by atoms with E-state index in [0.29, 0.717) is 0 Å². The van der Waals surface area contributed by atoms with Crippen molar-refractivity contribution in [2.45, 2.75) is 32.2 Å². The molecule has 56 valence electrons. The topological polar surface area (TPSA) is 24.4 Å². The van der Waals surface area contributed by atoms with Crippen molar-refractivity contribution >= 4 is 5.84 Å². The lowest BCUT2D eigenvalue weighted by atomic mass is 10.0. The fourth-order valence-corrected chi connectivity index (χ4v) is 2.01. The van der Waals surface area contributed by atoms with Crippen LogP contribution in [0, 0.1) is 5.92 Å². The number of fused-ring (bicyclic) bond motifs is 1. The Balaban J connectivity index is 2.08. The van der Waals surface area contributed by atoms with E-state index in [1.807, 2.05) is 0 Å². The molecule has 0 radical (unpaired) electrons. The molecule has 2 unspecified atom stereocenters. The van der Waals surface area contributed by atoms with Gasteiger partial charge in [-0.1, -0.05) is 6.42 Å². The Morgan fingerprint density at radius 3 is 3.30 bits per heavy atom. The van der Waals surface area contributed by atoms with Gasteiger partial charge in [0.15, 0.2) is 0 Å². The van der Waals surface area contributed by atoms with Gasteiger partial charge in [-0.3, -0.25) is 4.99 Å². The lowest BCUT2D eigenvalue weighted by Gasteiger charge is -2.25. The summed E-state index contributed by atoms with van der Waals surface area (Å²) in [4.78, 5) is 4.38. The molecular weight excluding hydrogens is 124 g/mol. The first-order valence-electron chi connectivity index (χ1n) is 4.14. The van der Waals surface area contributed by atoms with Gasteiger partial charge in [-0.05, 0) is 25.7 Å². The van der Waals surface area contributed by atoms with Crippen LogP contribution in [0.15, 0.2) is 4.99 Å². The van der Waals surface area contributed by atoms with Gasteiger partial charge >= 0.3 is 0 Å². The summed E-state index contributed by atoms with van der Waals surface area (Å²) >= 11 is 0. The Bertz CT molecular complexity index is 163.